The van der Waals surface area contributed by atoms with Crippen LogP contribution in [0.2, 0.25) is 0 Å². The van der Waals surface area contributed by atoms with Crippen molar-refractivity contribution in [2.75, 3.05) is 6.54 Å². The lowest BCUT2D eigenvalue weighted by Gasteiger charge is -2.25. The van der Waals surface area contributed by atoms with Crippen LogP contribution >= 0.6 is 0 Å². The summed E-state index contributed by atoms with van der Waals surface area (Å²) >= 11 is 0. The van der Waals surface area contributed by atoms with Gasteiger partial charge >= 0.3 is 0 Å². The van der Waals surface area contributed by atoms with Gasteiger partial charge in [0, 0.05) is 23.9 Å². The van der Waals surface area contributed by atoms with Crippen molar-refractivity contribution in [3.8, 4) is 0 Å². The predicted octanol–water partition coefficient (Wildman–Crippen LogP) is 4.23. The number of aromatic nitrogens is 1. The summed E-state index contributed by atoms with van der Waals surface area (Å²) in [4.78, 5) is 4.52. The van der Waals surface area contributed by atoms with Crippen molar-refractivity contribution < 1.29 is 0 Å². The normalized spacial score (nSPS) is 13.9. The van der Waals surface area contributed by atoms with Crippen LogP contribution in [0, 0.1) is 6.92 Å². The zero-order valence-corrected chi connectivity index (χ0v) is 12.6. The summed E-state index contributed by atoms with van der Waals surface area (Å²) in [6.45, 7) is 7.62. The Morgan fingerprint density at radius 1 is 1.15 bits per heavy atom. The third kappa shape index (κ3) is 3.67. The minimum Gasteiger partial charge on any atom is -0.309 e. The summed E-state index contributed by atoms with van der Waals surface area (Å²) in [6, 6.07) is 15.2. The van der Waals surface area contributed by atoms with Crippen molar-refractivity contribution in [1.82, 2.24) is 10.3 Å². The second kappa shape index (κ2) is 7.20. The van der Waals surface area contributed by atoms with Gasteiger partial charge in [0.2, 0.25) is 0 Å². The van der Waals surface area contributed by atoms with Crippen LogP contribution in [-0.4, -0.2) is 11.5 Å². The average molecular weight is 268 g/mol. The summed E-state index contributed by atoms with van der Waals surface area (Å²) in [5.74, 6) is 0.351. The van der Waals surface area contributed by atoms with Crippen molar-refractivity contribution in [2.45, 2.75) is 39.2 Å². The SMILES string of the molecule is CCCNC(c1cccc(C)c1)C(C)c1ccccn1. The largest absolute Gasteiger partial charge is 0.309 e. The molecule has 1 aromatic carbocycles. The van der Waals surface area contributed by atoms with Crippen LogP contribution < -0.4 is 5.32 Å². The summed E-state index contributed by atoms with van der Waals surface area (Å²) in [5, 5.41) is 3.67. The van der Waals surface area contributed by atoms with E-state index in [1.165, 1.54) is 11.1 Å². The molecule has 0 bridgehead atoms. The van der Waals surface area contributed by atoms with Gasteiger partial charge < -0.3 is 5.32 Å². The third-order valence-corrected chi connectivity index (χ3v) is 3.67. The fraction of sp³-hybridized carbons (Fsp3) is 0.389. The van der Waals surface area contributed by atoms with Crippen LogP contribution in [0.25, 0.3) is 0 Å². The monoisotopic (exact) mass is 268 g/mol. The van der Waals surface area contributed by atoms with Gasteiger partial charge in [0.15, 0.2) is 0 Å². The van der Waals surface area contributed by atoms with E-state index in [1.807, 2.05) is 12.3 Å². The highest BCUT2D eigenvalue weighted by Gasteiger charge is 2.21. The van der Waals surface area contributed by atoms with E-state index in [-0.39, 0.29) is 0 Å². The van der Waals surface area contributed by atoms with E-state index < -0.39 is 0 Å². The predicted molar refractivity (Wildman–Crippen MR) is 84.9 cm³/mol. The zero-order valence-electron chi connectivity index (χ0n) is 12.6. The molecule has 1 aromatic heterocycles. The van der Waals surface area contributed by atoms with E-state index in [0.717, 1.165) is 18.7 Å². The summed E-state index contributed by atoms with van der Waals surface area (Å²) in [5.41, 5.74) is 3.79. The molecule has 2 rings (SSSR count). The first-order valence-corrected chi connectivity index (χ1v) is 7.43. The molecule has 0 aliphatic rings. The van der Waals surface area contributed by atoms with Gasteiger partial charge in [-0.2, -0.15) is 0 Å². The lowest BCUT2D eigenvalue weighted by Crippen LogP contribution is -2.27. The van der Waals surface area contributed by atoms with Crippen LogP contribution in [0.4, 0.5) is 0 Å². The van der Waals surface area contributed by atoms with Crippen molar-refractivity contribution in [3.63, 3.8) is 0 Å². The Labute approximate surface area is 122 Å². The van der Waals surface area contributed by atoms with E-state index in [0.29, 0.717) is 12.0 Å². The standard InChI is InChI=1S/C18H24N2/c1-4-11-20-18(16-9-7-8-14(2)13-16)15(3)17-10-5-6-12-19-17/h5-10,12-13,15,18,20H,4,11H2,1-3H3. The Hall–Kier alpha value is -1.67. The molecule has 2 unspecified atom stereocenters. The van der Waals surface area contributed by atoms with Gasteiger partial charge in [0.1, 0.15) is 0 Å². The summed E-state index contributed by atoms with van der Waals surface area (Å²) in [6.07, 6.45) is 3.01. The Balaban J connectivity index is 2.27. The number of aryl methyl sites for hydroxylation is 1. The third-order valence-electron chi connectivity index (χ3n) is 3.67. The first-order valence-electron chi connectivity index (χ1n) is 7.43. The number of hydrogen-bond acceptors (Lipinski definition) is 2. The Bertz CT molecular complexity index is 522. The zero-order chi connectivity index (χ0) is 14.4. The molecule has 0 radical (unpaired) electrons. The number of hydrogen-bond donors (Lipinski definition) is 1. The number of nitrogens with zero attached hydrogens (tertiary/aromatic N) is 1. The van der Waals surface area contributed by atoms with Crippen LogP contribution in [0.1, 0.15) is 49.0 Å². The quantitative estimate of drug-likeness (QED) is 0.848. The molecule has 0 saturated heterocycles. The fourth-order valence-electron chi connectivity index (χ4n) is 2.56. The molecular weight excluding hydrogens is 244 g/mol. The molecule has 1 heterocycles. The van der Waals surface area contributed by atoms with Gasteiger partial charge in [-0.15, -0.1) is 0 Å². The molecule has 2 nitrogen and oxygen atoms in total. The Morgan fingerprint density at radius 3 is 2.65 bits per heavy atom. The van der Waals surface area contributed by atoms with Crippen molar-refractivity contribution >= 4 is 0 Å². The molecule has 0 fully saturated rings. The second-order valence-corrected chi connectivity index (χ2v) is 5.39. The molecule has 0 aliphatic heterocycles. The minimum atomic E-state index is 0.310. The molecule has 106 valence electrons. The number of benzene rings is 1. The fourth-order valence-corrected chi connectivity index (χ4v) is 2.56. The van der Waals surface area contributed by atoms with E-state index in [1.54, 1.807) is 0 Å². The molecular formula is C18H24N2. The minimum absolute atomic E-state index is 0.310. The Morgan fingerprint density at radius 2 is 2.00 bits per heavy atom. The van der Waals surface area contributed by atoms with E-state index in [2.05, 4.69) is 67.5 Å². The van der Waals surface area contributed by atoms with Gasteiger partial charge in [-0.1, -0.05) is 49.7 Å². The molecule has 0 amide bonds. The van der Waals surface area contributed by atoms with E-state index in [4.69, 9.17) is 0 Å². The lowest BCUT2D eigenvalue weighted by atomic mass is 9.90. The number of nitrogens with one attached hydrogen (secondary N) is 1. The van der Waals surface area contributed by atoms with Crippen molar-refractivity contribution in [2.24, 2.45) is 0 Å². The van der Waals surface area contributed by atoms with Gasteiger partial charge in [-0.3, -0.25) is 4.98 Å². The molecule has 2 heteroatoms. The van der Waals surface area contributed by atoms with Crippen LogP contribution in [0.3, 0.4) is 0 Å². The van der Waals surface area contributed by atoms with Gasteiger partial charge in [0.25, 0.3) is 0 Å². The average Bonchev–Trinajstić information content (AvgIpc) is 2.48. The molecule has 20 heavy (non-hydrogen) atoms. The topological polar surface area (TPSA) is 24.9 Å². The molecule has 2 aromatic rings. The van der Waals surface area contributed by atoms with Crippen molar-refractivity contribution in [1.29, 1.82) is 0 Å². The first kappa shape index (κ1) is 14.7. The van der Waals surface area contributed by atoms with E-state index >= 15 is 0 Å². The lowest BCUT2D eigenvalue weighted by molar-refractivity contribution is 0.460. The second-order valence-electron chi connectivity index (χ2n) is 5.39. The maximum atomic E-state index is 4.52. The highest BCUT2D eigenvalue weighted by atomic mass is 14.9. The van der Waals surface area contributed by atoms with Crippen LogP contribution in [0.5, 0.6) is 0 Å². The molecule has 1 N–H and O–H groups in total. The van der Waals surface area contributed by atoms with Crippen LogP contribution in [-0.2, 0) is 0 Å². The van der Waals surface area contributed by atoms with Crippen molar-refractivity contribution in [3.05, 3.63) is 65.5 Å². The highest BCUT2D eigenvalue weighted by Crippen LogP contribution is 2.29. The van der Waals surface area contributed by atoms with Gasteiger partial charge in [-0.25, -0.2) is 0 Å². The maximum absolute atomic E-state index is 4.52. The van der Waals surface area contributed by atoms with Crippen LogP contribution in [0.15, 0.2) is 48.7 Å². The number of rotatable bonds is 6. The van der Waals surface area contributed by atoms with Gasteiger partial charge in [-0.05, 0) is 37.6 Å². The molecule has 0 spiro atoms. The first-order chi connectivity index (χ1) is 9.72. The smallest absolute Gasteiger partial charge is 0.0450 e. The highest BCUT2D eigenvalue weighted by molar-refractivity contribution is 5.28. The molecule has 0 aliphatic carbocycles. The maximum Gasteiger partial charge on any atom is 0.0450 e. The number of pyridine rings is 1. The van der Waals surface area contributed by atoms with Gasteiger partial charge in [0.05, 0.1) is 0 Å². The van der Waals surface area contributed by atoms with E-state index in [9.17, 15) is 0 Å². The Kier molecular flexibility index (Phi) is 5.31. The summed E-state index contributed by atoms with van der Waals surface area (Å²) in [7, 11) is 0. The molecule has 2 atom stereocenters. The summed E-state index contributed by atoms with van der Waals surface area (Å²) < 4.78 is 0. The molecule has 0 saturated carbocycles.